The Morgan fingerprint density at radius 3 is 2.77 bits per heavy atom. The van der Waals surface area contributed by atoms with Gasteiger partial charge in [0, 0.05) is 18.9 Å². The van der Waals surface area contributed by atoms with Gasteiger partial charge in [0.25, 0.3) is 11.8 Å². The third kappa shape index (κ3) is 3.62. The molecule has 22 heavy (non-hydrogen) atoms. The van der Waals surface area contributed by atoms with Gasteiger partial charge in [0.2, 0.25) is 0 Å². The van der Waals surface area contributed by atoms with E-state index in [9.17, 15) is 14.0 Å². The second kappa shape index (κ2) is 7.04. The van der Waals surface area contributed by atoms with Gasteiger partial charge in [0.1, 0.15) is 6.67 Å². The van der Waals surface area contributed by atoms with E-state index in [-0.39, 0.29) is 17.5 Å². The zero-order valence-corrected chi connectivity index (χ0v) is 12.5. The zero-order chi connectivity index (χ0) is 16.1. The highest BCUT2D eigenvalue weighted by Gasteiger charge is 2.12. The zero-order valence-electron chi connectivity index (χ0n) is 11.8. The van der Waals surface area contributed by atoms with Crippen molar-refractivity contribution in [2.24, 2.45) is 0 Å². The van der Waals surface area contributed by atoms with Crippen LogP contribution in [0, 0.1) is 0 Å². The van der Waals surface area contributed by atoms with Crippen molar-refractivity contribution in [3.8, 4) is 0 Å². The van der Waals surface area contributed by atoms with E-state index in [0.717, 1.165) is 0 Å². The summed E-state index contributed by atoms with van der Waals surface area (Å²) in [5.41, 5.74) is 1.07. The molecule has 0 aliphatic carbocycles. The fourth-order valence-corrected chi connectivity index (χ4v) is 2.07. The second-order valence-electron chi connectivity index (χ2n) is 4.41. The van der Waals surface area contributed by atoms with E-state index in [1.807, 2.05) is 0 Å². The lowest BCUT2D eigenvalue weighted by Crippen LogP contribution is -2.18. The van der Waals surface area contributed by atoms with Crippen LogP contribution in [0.5, 0.6) is 0 Å². The van der Waals surface area contributed by atoms with Gasteiger partial charge in [-0.15, -0.1) is 0 Å². The van der Waals surface area contributed by atoms with Crippen molar-refractivity contribution in [1.29, 1.82) is 0 Å². The van der Waals surface area contributed by atoms with Crippen molar-refractivity contribution in [3.05, 3.63) is 46.7 Å². The van der Waals surface area contributed by atoms with Crippen LogP contribution < -0.4 is 10.6 Å². The molecule has 0 aliphatic rings. The Balaban J connectivity index is 2.11. The number of halogens is 2. The number of benzene rings is 1. The third-order valence-corrected chi connectivity index (χ3v) is 3.22. The van der Waals surface area contributed by atoms with Crippen molar-refractivity contribution in [2.75, 3.05) is 19.0 Å². The first-order valence-electron chi connectivity index (χ1n) is 6.46. The van der Waals surface area contributed by atoms with E-state index in [0.29, 0.717) is 16.8 Å². The van der Waals surface area contributed by atoms with Crippen LogP contribution in [0.2, 0.25) is 5.02 Å². The monoisotopic (exact) mass is 324 g/mol. The average molecular weight is 325 g/mol. The van der Waals surface area contributed by atoms with Crippen LogP contribution in [0.25, 0.3) is 0 Å². The van der Waals surface area contributed by atoms with E-state index < -0.39 is 12.6 Å². The molecule has 0 atom stereocenters. The first kappa shape index (κ1) is 16.0. The van der Waals surface area contributed by atoms with Gasteiger partial charge in [-0.3, -0.25) is 14.3 Å². The summed E-state index contributed by atoms with van der Waals surface area (Å²) in [6.45, 7) is -0.459. The number of nitrogens with one attached hydrogen (secondary N) is 2. The Morgan fingerprint density at radius 1 is 1.36 bits per heavy atom. The summed E-state index contributed by atoms with van der Waals surface area (Å²) in [5, 5.41) is 9.21. The van der Waals surface area contributed by atoms with Gasteiger partial charge in [0.05, 0.1) is 28.9 Å². The number of aryl methyl sites for hydroxylation is 1. The summed E-state index contributed by atoms with van der Waals surface area (Å²) in [5.74, 6) is -0.704. The lowest BCUT2D eigenvalue weighted by Gasteiger charge is -2.07. The van der Waals surface area contributed by atoms with Crippen molar-refractivity contribution in [3.63, 3.8) is 0 Å². The summed E-state index contributed by atoms with van der Waals surface area (Å²) in [7, 11) is 1.50. The molecule has 8 heteroatoms. The molecule has 1 heterocycles. The molecular weight excluding hydrogens is 311 g/mol. The maximum absolute atomic E-state index is 12.2. The Morgan fingerprint density at radius 2 is 2.14 bits per heavy atom. The smallest absolute Gasteiger partial charge is 0.258 e. The predicted molar refractivity (Wildman–Crippen MR) is 81.0 cm³/mol. The summed E-state index contributed by atoms with van der Waals surface area (Å²) in [4.78, 5) is 23.6. The summed E-state index contributed by atoms with van der Waals surface area (Å²) >= 11 is 6.01. The molecule has 1 aromatic carbocycles. The molecule has 0 bridgehead atoms. The number of carbonyl (C=O) groups excluding carboxylic acids is 2. The molecule has 0 unspecified atom stereocenters. The maximum Gasteiger partial charge on any atom is 0.258 e. The fraction of sp³-hybridized carbons (Fsp3) is 0.214. The Kier molecular flexibility index (Phi) is 5.11. The van der Waals surface area contributed by atoms with Crippen LogP contribution in [0.3, 0.4) is 0 Å². The van der Waals surface area contributed by atoms with E-state index >= 15 is 0 Å². The number of anilines is 1. The minimum Gasteiger partial charge on any atom is -0.355 e. The minimum absolute atomic E-state index is 0.0972. The quantitative estimate of drug-likeness (QED) is 0.884. The molecule has 2 aromatic rings. The molecular formula is C14H14ClFN4O2. The molecule has 0 saturated carbocycles. The number of alkyl halides is 1. The summed E-state index contributed by atoms with van der Waals surface area (Å²) in [6, 6.07) is 4.57. The van der Waals surface area contributed by atoms with E-state index in [1.54, 1.807) is 6.07 Å². The van der Waals surface area contributed by atoms with E-state index in [2.05, 4.69) is 15.7 Å². The van der Waals surface area contributed by atoms with Gasteiger partial charge in [-0.05, 0) is 18.2 Å². The number of amides is 2. The lowest BCUT2D eigenvalue weighted by atomic mass is 10.2. The molecule has 0 radical (unpaired) electrons. The topological polar surface area (TPSA) is 76.0 Å². The van der Waals surface area contributed by atoms with Gasteiger partial charge in [-0.1, -0.05) is 11.6 Å². The first-order valence-corrected chi connectivity index (χ1v) is 6.84. The SMILES string of the molecule is CNC(=O)c1ccc(NC(=O)c2cnn(CCF)c2)cc1Cl. The van der Waals surface area contributed by atoms with Gasteiger partial charge >= 0.3 is 0 Å². The van der Waals surface area contributed by atoms with Crippen molar-refractivity contribution < 1.29 is 14.0 Å². The van der Waals surface area contributed by atoms with E-state index in [4.69, 9.17) is 11.6 Å². The van der Waals surface area contributed by atoms with Crippen LogP contribution >= 0.6 is 11.6 Å². The first-order chi connectivity index (χ1) is 10.5. The Bertz CT molecular complexity index is 702. The third-order valence-electron chi connectivity index (χ3n) is 2.91. The number of carbonyl (C=O) groups is 2. The van der Waals surface area contributed by atoms with Crippen LogP contribution in [0.4, 0.5) is 10.1 Å². The number of rotatable bonds is 5. The van der Waals surface area contributed by atoms with Gasteiger partial charge in [-0.25, -0.2) is 4.39 Å². The lowest BCUT2D eigenvalue weighted by molar-refractivity contribution is 0.0962. The molecule has 1 aromatic heterocycles. The fourth-order valence-electron chi connectivity index (χ4n) is 1.80. The average Bonchev–Trinajstić information content (AvgIpc) is 2.96. The number of aromatic nitrogens is 2. The van der Waals surface area contributed by atoms with Crippen molar-refractivity contribution in [1.82, 2.24) is 15.1 Å². The molecule has 116 valence electrons. The molecule has 2 amide bonds. The van der Waals surface area contributed by atoms with Crippen LogP contribution in [-0.2, 0) is 6.54 Å². The molecule has 0 spiro atoms. The standard InChI is InChI=1S/C14H14ClFN4O2/c1-17-14(22)11-3-2-10(6-12(11)15)19-13(21)9-7-18-20(8-9)5-4-16/h2-3,6-8H,4-5H2,1H3,(H,17,22)(H,19,21). The normalized spacial score (nSPS) is 10.3. The predicted octanol–water partition coefficient (Wildman–Crippen LogP) is 2.12. The van der Waals surface area contributed by atoms with E-state index in [1.165, 1.54) is 36.3 Å². The molecule has 0 saturated heterocycles. The number of hydrogen-bond acceptors (Lipinski definition) is 3. The van der Waals surface area contributed by atoms with Gasteiger partial charge in [0.15, 0.2) is 0 Å². The maximum atomic E-state index is 12.2. The van der Waals surface area contributed by atoms with Crippen molar-refractivity contribution in [2.45, 2.75) is 6.54 Å². The molecule has 0 aliphatic heterocycles. The Labute approximate surface area is 131 Å². The molecule has 6 nitrogen and oxygen atoms in total. The second-order valence-corrected chi connectivity index (χ2v) is 4.82. The summed E-state index contributed by atoms with van der Waals surface area (Å²) in [6.07, 6.45) is 2.81. The largest absolute Gasteiger partial charge is 0.355 e. The number of hydrogen-bond donors (Lipinski definition) is 2. The molecule has 2 rings (SSSR count). The van der Waals surface area contributed by atoms with Crippen LogP contribution in [-0.4, -0.2) is 35.3 Å². The highest BCUT2D eigenvalue weighted by atomic mass is 35.5. The van der Waals surface area contributed by atoms with Gasteiger partial charge < -0.3 is 10.6 Å². The van der Waals surface area contributed by atoms with Crippen LogP contribution in [0.15, 0.2) is 30.6 Å². The highest BCUT2D eigenvalue weighted by molar-refractivity contribution is 6.34. The van der Waals surface area contributed by atoms with Gasteiger partial charge in [-0.2, -0.15) is 5.10 Å². The number of nitrogens with zero attached hydrogens (tertiary/aromatic N) is 2. The Hall–Kier alpha value is -2.41. The van der Waals surface area contributed by atoms with Crippen molar-refractivity contribution >= 4 is 29.1 Å². The summed E-state index contributed by atoms with van der Waals surface area (Å²) < 4.78 is 13.5. The minimum atomic E-state index is -0.556. The van der Waals surface area contributed by atoms with Crippen LogP contribution in [0.1, 0.15) is 20.7 Å². The molecule has 0 fully saturated rings. The molecule has 2 N–H and O–H groups in total. The highest BCUT2D eigenvalue weighted by Crippen LogP contribution is 2.21.